The quantitative estimate of drug-likeness (QED) is 0.605. The summed E-state index contributed by atoms with van der Waals surface area (Å²) < 4.78 is 40.6. The number of aromatic nitrogens is 1. The van der Waals surface area contributed by atoms with E-state index in [9.17, 15) is 13.7 Å². The minimum atomic E-state index is -3.86. The van der Waals surface area contributed by atoms with Crippen molar-refractivity contribution in [2.24, 2.45) is 0 Å². The first-order chi connectivity index (χ1) is 14.0. The fourth-order valence-corrected chi connectivity index (χ4v) is 5.21. The van der Waals surface area contributed by atoms with Gasteiger partial charge >= 0.3 is 7.12 Å². The zero-order valence-electron chi connectivity index (χ0n) is 17.6. The van der Waals surface area contributed by atoms with Crippen LogP contribution in [-0.4, -0.2) is 30.7 Å². The van der Waals surface area contributed by atoms with Gasteiger partial charge in [-0.3, -0.25) is 0 Å². The molecule has 0 radical (unpaired) electrons. The van der Waals surface area contributed by atoms with Crippen LogP contribution < -0.4 is 5.46 Å². The largest absolute Gasteiger partial charge is 0.497 e. The monoisotopic (exact) mass is 422 g/mol. The highest BCUT2D eigenvalue weighted by atomic mass is 32.2. The van der Waals surface area contributed by atoms with Gasteiger partial charge in [0.25, 0.3) is 10.0 Å². The van der Waals surface area contributed by atoms with Gasteiger partial charge in [0.15, 0.2) is 0 Å². The summed E-state index contributed by atoms with van der Waals surface area (Å²) in [5.74, 6) is 0. The van der Waals surface area contributed by atoms with Gasteiger partial charge < -0.3 is 9.31 Å². The molecule has 30 heavy (non-hydrogen) atoms. The molecule has 2 heterocycles. The highest BCUT2D eigenvalue weighted by Crippen LogP contribution is 2.37. The lowest BCUT2D eigenvalue weighted by molar-refractivity contribution is 0.00578. The summed E-state index contributed by atoms with van der Waals surface area (Å²) in [5, 5.41) is 9.98. The van der Waals surface area contributed by atoms with Crippen molar-refractivity contribution in [2.75, 3.05) is 0 Å². The van der Waals surface area contributed by atoms with Crippen LogP contribution in [0, 0.1) is 18.3 Å². The van der Waals surface area contributed by atoms with E-state index in [-0.39, 0.29) is 4.90 Å². The van der Waals surface area contributed by atoms with Gasteiger partial charge in [-0.1, -0.05) is 18.2 Å². The van der Waals surface area contributed by atoms with Gasteiger partial charge in [-0.15, -0.1) is 0 Å². The third-order valence-corrected chi connectivity index (χ3v) is 7.90. The van der Waals surface area contributed by atoms with Gasteiger partial charge in [-0.2, -0.15) is 5.26 Å². The van der Waals surface area contributed by atoms with Crippen molar-refractivity contribution in [2.45, 2.75) is 50.7 Å². The van der Waals surface area contributed by atoms with E-state index in [1.807, 2.05) is 27.7 Å². The van der Waals surface area contributed by atoms with E-state index >= 15 is 0 Å². The van der Waals surface area contributed by atoms with Crippen molar-refractivity contribution in [1.82, 2.24) is 3.97 Å². The van der Waals surface area contributed by atoms with Gasteiger partial charge in [0.2, 0.25) is 0 Å². The van der Waals surface area contributed by atoms with Crippen molar-refractivity contribution in [1.29, 1.82) is 5.26 Å². The Balaban J connectivity index is 1.96. The molecule has 0 aliphatic carbocycles. The highest BCUT2D eigenvalue weighted by molar-refractivity contribution is 7.90. The molecule has 0 unspecified atom stereocenters. The summed E-state index contributed by atoms with van der Waals surface area (Å²) in [5.41, 5.74) is 0.998. The number of aryl methyl sites for hydroxylation is 1. The summed E-state index contributed by atoms with van der Waals surface area (Å²) in [6, 6.07) is 13.9. The molecule has 3 aromatic rings. The van der Waals surface area contributed by atoms with E-state index in [1.165, 1.54) is 3.97 Å². The van der Waals surface area contributed by atoms with Crippen LogP contribution in [0.1, 0.15) is 38.8 Å². The third-order valence-electron chi connectivity index (χ3n) is 6.07. The Kier molecular flexibility index (Phi) is 4.62. The topological polar surface area (TPSA) is 81.3 Å². The van der Waals surface area contributed by atoms with Crippen molar-refractivity contribution in [3.05, 3.63) is 59.8 Å². The number of nitriles is 1. The molecule has 0 saturated carbocycles. The maximum atomic E-state index is 13.5. The molecule has 2 aromatic carbocycles. The second kappa shape index (κ2) is 6.71. The maximum absolute atomic E-state index is 13.5. The van der Waals surface area contributed by atoms with Crippen LogP contribution in [0.3, 0.4) is 0 Å². The molecule has 154 valence electrons. The summed E-state index contributed by atoms with van der Waals surface area (Å²) >= 11 is 0. The van der Waals surface area contributed by atoms with E-state index in [0.29, 0.717) is 27.5 Å². The molecule has 1 saturated heterocycles. The Labute approximate surface area is 177 Å². The molecule has 0 spiro atoms. The molecule has 1 aliphatic heterocycles. The molecule has 4 rings (SSSR count). The van der Waals surface area contributed by atoms with Crippen molar-refractivity contribution in [3.63, 3.8) is 0 Å². The molecule has 6 nitrogen and oxygen atoms in total. The lowest BCUT2D eigenvalue weighted by atomic mass is 9.79. The molecule has 0 N–H and O–H groups in total. The van der Waals surface area contributed by atoms with Crippen LogP contribution in [0.25, 0.3) is 10.9 Å². The van der Waals surface area contributed by atoms with E-state index in [4.69, 9.17) is 9.31 Å². The highest BCUT2D eigenvalue weighted by Gasteiger charge is 2.52. The second-order valence-electron chi connectivity index (χ2n) is 8.58. The number of rotatable bonds is 3. The van der Waals surface area contributed by atoms with Crippen LogP contribution in [0.15, 0.2) is 53.6 Å². The van der Waals surface area contributed by atoms with E-state index in [1.54, 1.807) is 55.6 Å². The van der Waals surface area contributed by atoms with E-state index in [0.717, 1.165) is 0 Å². The van der Waals surface area contributed by atoms with Crippen LogP contribution >= 0.6 is 0 Å². The molecular weight excluding hydrogens is 399 g/mol. The van der Waals surface area contributed by atoms with E-state index in [2.05, 4.69) is 6.07 Å². The number of hydrogen-bond acceptors (Lipinski definition) is 5. The predicted molar refractivity (Wildman–Crippen MR) is 116 cm³/mol. The Morgan fingerprint density at radius 2 is 1.67 bits per heavy atom. The van der Waals surface area contributed by atoms with Crippen LogP contribution in [0.5, 0.6) is 0 Å². The Morgan fingerprint density at radius 3 is 2.27 bits per heavy atom. The fourth-order valence-electron chi connectivity index (χ4n) is 3.60. The number of hydrogen-bond donors (Lipinski definition) is 0. The Bertz CT molecular complexity index is 1290. The van der Waals surface area contributed by atoms with E-state index < -0.39 is 28.3 Å². The van der Waals surface area contributed by atoms with Crippen molar-refractivity contribution in [3.8, 4) is 6.07 Å². The first-order valence-electron chi connectivity index (χ1n) is 9.70. The number of nitrogens with zero attached hydrogens (tertiary/aromatic N) is 2. The fraction of sp³-hybridized carbons (Fsp3) is 0.318. The summed E-state index contributed by atoms with van der Waals surface area (Å²) in [6.45, 7) is 9.53. The van der Waals surface area contributed by atoms with Gasteiger partial charge in [0.1, 0.15) is 0 Å². The summed E-state index contributed by atoms with van der Waals surface area (Å²) in [7, 11) is -4.61. The van der Waals surface area contributed by atoms with Crippen LogP contribution in [0.4, 0.5) is 0 Å². The van der Waals surface area contributed by atoms with Gasteiger partial charge in [-0.05, 0) is 64.4 Å². The standard InChI is InChI=1S/C22H23BN2O4S/c1-15-8-6-7-9-20(15)30(26,27)25-14-18(17-12-16(13-24)10-11-19(17)25)23-28-21(2,3)22(4,5)29-23/h6-12,14H,1-5H3. The zero-order chi connectivity index (χ0) is 21.9. The van der Waals surface area contributed by atoms with Crippen LogP contribution in [0.2, 0.25) is 0 Å². The molecule has 8 heteroatoms. The smallest absolute Gasteiger partial charge is 0.399 e. The van der Waals surface area contributed by atoms with Crippen molar-refractivity contribution >= 4 is 33.5 Å². The lowest BCUT2D eigenvalue weighted by Crippen LogP contribution is -2.41. The first kappa shape index (κ1) is 20.7. The van der Waals surface area contributed by atoms with Gasteiger partial charge in [-0.25, -0.2) is 12.4 Å². The Morgan fingerprint density at radius 1 is 1.03 bits per heavy atom. The molecule has 0 bridgehead atoms. The van der Waals surface area contributed by atoms with Crippen LogP contribution in [-0.2, 0) is 19.3 Å². The van der Waals surface area contributed by atoms with Gasteiger partial charge in [0, 0.05) is 17.0 Å². The Hall–Kier alpha value is -2.60. The number of fused-ring (bicyclic) bond motifs is 1. The van der Waals surface area contributed by atoms with Crippen molar-refractivity contribution < 1.29 is 17.7 Å². The third kappa shape index (κ3) is 3.05. The summed E-state index contributed by atoms with van der Waals surface area (Å²) in [4.78, 5) is 0.228. The maximum Gasteiger partial charge on any atom is 0.497 e. The minimum Gasteiger partial charge on any atom is -0.399 e. The number of benzene rings is 2. The minimum absolute atomic E-state index is 0.228. The molecular formula is C22H23BN2O4S. The molecule has 1 aromatic heterocycles. The molecule has 0 atom stereocenters. The first-order valence-corrected chi connectivity index (χ1v) is 11.1. The predicted octanol–water partition coefficient (Wildman–Crippen LogP) is 3.36. The average Bonchev–Trinajstić information content (AvgIpc) is 3.16. The summed E-state index contributed by atoms with van der Waals surface area (Å²) in [6.07, 6.45) is 1.55. The lowest BCUT2D eigenvalue weighted by Gasteiger charge is -2.32. The molecule has 0 amide bonds. The zero-order valence-corrected chi connectivity index (χ0v) is 18.4. The molecule has 1 aliphatic rings. The SMILES string of the molecule is Cc1ccccc1S(=O)(=O)n1cc(B2OC(C)(C)C(C)(C)O2)c2cc(C#N)ccc21. The second-order valence-corrected chi connectivity index (χ2v) is 10.4. The van der Waals surface area contributed by atoms with Gasteiger partial charge in [0.05, 0.1) is 33.2 Å². The molecule has 1 fully saturated rings. The normalized spacial score (nSPS) is 17.9. The average molecular weight is 422 g/mol.